The minimum Gasteiger partial charge on any atom is -0.363 e. The Hall–Kier alpha value is -1.16. The normalized spacial score (nSPS) is 15.0. The van der Waals surface area contributed by atoms with Crippen molar-refractivity contribution >= 4 is 28.4 Å². The van der Waals surface area contributed by atoms with Gasteiger partial charge in [-0.15, -0.1) is 11.3 Å². The summed E-state index contributed by atoms with van der Waals surface area (Å²) in [5.74, 6) is 0.588. The SMILES string of the molecule is CC=Nc1sc2c(c1C(=N)N(C)C)CCCC2. The first-order valence-corrected chi connectivity index (χ1v) is 6.86. The fourth-order valence-corrected chi connectivity index (χ4v) is 3.51. The summed E-state index contributed by atoms with van der Waals surface area (Å²) in [6.07, 6.45) is 6.61. The van der Waals surface area contributed by atoms with E-state index in [1.54, 1.807) is 11.3 Å². The number of aryl methyl sites for hydroxylation is 1. The largest absolute Gasteiger partial charge is 0.363 e. The summed E-state index contributed by atoms with van der Waals surface area (Å²) in [5, 5.41) is 9.23. The van der Waals surface area contributed by atoms with Crippen LogP contribution in [0.25, 0.3) is 0 Å². The molecule has 2 rings (SSSR count). The van der Waals surface area contributed by atoms with Gasteiger partial charge in [0.1, 0.15) is 10.8 Å². The molecule has 0 radical (unpaired) electrons. The average Bonchev–Trinajstić information content (AvgIpc) is 2.66. The van der Waals surface area contributed by atoms with Gasteiger partial charge in [0, 0.05) is 25.2 Å². The van der Waals surface area contributed by atoms with Crippen molar-refractivity contribution in [3.05, 3.63) is 16.0 Å². The maximum atomic E-state index is 8.22. The minimum absolute atomic E-state index is 0.588. The van der Waals surface area contributed by atoms with Crippen molar-refractivity contribution in [3.8, 4) is 0 Å². The van der Waals surface area contributed by atoms with Gasteiger partial charge in [-0.05, 0) is 38.2 Å². The zero-order chi connectivity index (χ0) is 12.4. The van der Waals surface area contributed by atoms with E-state index in [9.17, 15) is 0 Å². The minimum atomic E-state index is 0.588. The highest BCUT2D eigenvalue weighted by Crippen LogP contribution is 2.40. The third-order valence-corrected chi connectivity index (χ3v) is 4.28. The van der Waals surface area contributed by atoms with Crippen LogP contribution in [0.4, 0.5) is 5.00 Å². The second-order valence-electron chi connectivity index (χ2n) is 4.52. The third kappa shape index (κ3) is 2.27. The Balaban J connectivity index is 2.53. The van der Waals surface area contributed by atoms with E-state index in [1.807, 2.05) is 32.1 Å². The van der Waals surface area contributed by atoms with Crippen LogP contribution in [0.3, 0.4) is 0 Å². The highest BCUT2D eigenvalue weighted by Gasteiger charge is 2.23. The number of rotatable bonds is 2. The molecular formula is C13H19N3S. The van der Waals surface area contributed by atoms with Crippen LogP contribution in [0.5, 0.6) is 0 Å². The van der Waals surface area contributed by atoms with Gasteiger partial charge in [0.25, 0.3) is 0 Å². The number of nitrogens with one attached hydrogen (secondary N) is 1. The number of nitrogens with zero attached hydrogens (tertiary/aromatic N) is 2. The number of aliphatic imine (C=N–C) groups is 1. The molecule has 0 spiro atoms. The van der Waals surface area contributed by atoms with E-state index in [0.717, 1.165) is 23.4 Å². The maximum Gasteiger partial charge on any atom is 0.130 e. The van der Waals surface area contributed by atoms with Crippen LogP contribution >= 0.6 is 11.3 Å². The lowest BCUT2D eigenvalue weighted by atomic mass is 9.95. The van der Waals surface area contributed by atoms with E-state index >= 15 is 0 Å². The zero-order valence-corrected chi connectivity index (χ0v) is 11.5. The van der Waals surface area contributed by atoms with Crippen LogP contribution in [0.15, 0.2) is 4.99 Å². The van der Waals surface area contributed by atoms with Crippen LogP contribution in [-0.4, -0.2) is 31.0 Å². The second-order valence-corrected chi connectivity index (χ2v) is 5.61. The quantitative estimate of drug-likeness (QED) is 0.634. The standard InChI is InChI=1S/C13H19N3S/c1-4-15-13-11(12(14)16(2)3)9-7-5-6-8-10(9)17-13/h4,14H,5-8H2,1-3H3. The second kappa shape index (κ2) is 5.00. The molecule has 92 valence electrons. The smallest absolute Gasteiger partial charge is 0.130 e. The van der Waals surface area contributed by atoms with Crippen molar-refractivity contribution in [2.24, 2.45) is 4.99 Å². The molecule has 1 aromatic rings. The van der Waals surface area contributed by atoms with Gasteiger partial charge in [-0.25, -0.2) is 4.99 Å². The van der Waals surface area contributed by atoms with E-state index in [0.29, 0.717) is 5.84 Å². The average molecular weight is 249 g/mol. The van der Waals surface area contributed by atoms with E-state index in [2.05, 4.69) is 4.99 Å². The summed E-state index contributed by atoms with van der Waals surface area (Å²) in [6, 6.07) is 0. The van der Waals surface area contributed by atoms with Gasteiger partial charge in [-0.1, -0.05) is 0 Å². The monoisotopic (exact) mass is 249 g/mol. The Kier molecular flexibility index (Phi) is 3.62. The fourth-order valence-electron chi connectivity index (χ4n) is 2.23. The van der Waals surface area contributed by atoms with Crippen LogP contribution < -0.4 is 0 Å². The fraction of sp³-hybridized carbons (Fsp3) is 0.538. The molecule has 0 atom stereocenters. The summed E-state index contributed by atoms with van der Waals surface area (Å²) in [4.78, 5) is 7.75. The molecule has 0 fully saturated rings. The first kappa shape index (κ1) is 12.3. The molecular weight excluding hydrogens is 230 g/mol. The molecule has 0 saturated heterocycles. The van der Waals surface area contributed by atoms with Crippen LogP contribution in [0, 0.1) is 5.41 Å². The van der Waals surface area contributed by atoms with Crippen LogP contribution in [0.1, 0.15) is 35.8 Å². The summed E-state index contributed by atoms with van der Waals surface area (Å²) in [6.45, 7) is 1.93. The van der Waals surface area contributed by atoms with Gasteiger partial charge in [0.05, 0.1) is 5.56 Å². The van der Waals surface area contributed by atoms with Crippen molar-refractivity contribution in [2.45, 2.75) is 32.6 Å². The van der Waals surface area contributed by atoms with Crippen molar-refractivity contribution in [2.75, 3.05) is 14.1 Å². The summed E-state index contributed by atoms with van der Waals surface area (Å²) in [5.41, 5.74) is 2.44. The molecule has 0 aromatic carbocycles. The highest BCUT2D eigenvalue weighted by molar-refractivity contribution is 7.16. The molecule has 1 aliphatic rings. The molecule has 0 unspecified atom stereocenters. The molecule has 4 heteroatoms. The number of hydrogen-bond donors (Lipinski definition) is 1. The number of fused-ring (bicyclic) bond motifs is 1. The lowest BCUT2D eigenvalue weighted by molar-refractivity contribution is 0.616. The molecule has 0 bridgehead atoms. The van der Waals surface area contributed by atoms with Crippen molar-refractivity contribution in [1.29, 1.82) is 5.41 Å². The van der Waals surface area contributed by atoms with Crippen LogP contribution in [-0.2, 0) is 12.8 Å². The lowest BCUT2D eigenvalue weighted by Crippen LogP contribution is -2.23. The number of hydrogen-bond acceptors (Lipinski definition) is 3. The van der Waals surface area contributed by atoms with E-state index < -0.39 is 0 Å². The zero-order valence-electron chi connectivity index (χ0n) is 10.7. The van der Waals surface area contributed by atoms with E-state index in [1.165, 1.54) is 23.3 Å². The number of thiophene rings is 1. The van der Waals surface area contributed by atoms with Crippen molar-refractivity contribution < 1.29 is 0 Å². The maximum absolute atomic E-state index is 8.22. The molecule has 0 saturated carbocycles. The molecule has 0 aliphatic heterocycles. The Morgan fingerprint density at radius 1 is 1.35 bits per heavy atom. The predicted octanol–water partition coefficient (Wildman–Crippen LogP) is 3.24. The Labute approximate surface area is 107 Å². The van der Waals surface area contributed by atoms with E-state index in [4.69, 9.17) is 5.41 Å². The third-order valence-electron chi connectivity index (χ3n) is 3.08. The summed E-state index contributed by atoms with van der Waals surface area (Å²) >= 11 is 1.77. The van der Waals surface area contributed by atoms with Crippen molar-refractivity contribution in [3.63, 3.8) is 0 Å². The molecule has 0 amide bonds. The van der Waals surface area contributed by atoms with Gasteiger partial charge in [-0.3, -0.25) is 5.41 Å². The predicted molar refractivity (Wildman–Crippen MR) is 75.3 cm³/mol. The van der Waals surface area contributed by atoms with Gasteiger partial charge < -0.3 is 4.90 Å². The van der Waals surface area contributed by atoms with Gasteiger partial charge in [-0.2, -0.15) is 0 Å². The Morgan fingerprint density at radius 2 is 2.06 bits per heavy atom. The highest BCUT2D eigenvalue weighted by atomic mass is 32.1. The van der Waals surface area contributed by atoms with Gasteiger partial charge >= 0.3 is 0 Å². The topological polar surface area (TPSA) is 39.5 Å². The summed E-state index contributed by atoms with van der Waals surface area (Å²) < 4.78 is 0. The first-order valence-electron chi connectivity index (χ1n) is 6.04. The van der Waals surface area contributed by atoms with Gasteiger partial charge in [0.15, 0.2) is 0 Å². The van der Waals surface area contributed by atoms with E-state index in [-0.39, 0.29) is 0 Å². The molecule has 1 aromatic heterocycles. The molecule has 1 aliphatic carbocycles. The number of amidine groups is 1. The molecule has 1 heterocycles. The molecule has 17 heavy (non-hydrogen) atoms. The molecule has 1 N–H and O–H groups in total. The first-order chi connectivity index (χ1) is 8.15. The Bertz CT molecular complexity index is 457. The summed E-state index contributed by atoms with van der Waals surface area (Å²) in [7, 11) is 3.85. The Morgan fingerprint density at radius 3 is 2.71 bits per heavy atom. The van der Waals surface area contributed by atoms with Gasteiger partial charge in [0.2, 0.25) is 0 Å². The van der Waals surface area contributed by atoms with Crippen molar-refractivity contribution in [1.82, 2.24) is 4.90 Å². The lowest BCUT2D eigenvalue weighted by Gasteiger charge is -2.17. The van der Waals surface area contributed by atoms with Crippen LogP contribution in [0.2, 0.25) is 0 Å². The molecule has 3 nitrogen and oxygen atoms in total.